The van der Waals surface area contributed by atoms with E-state index in [4.69, 9.17) is 4.74 Å². The van der Waals surface area contributed by atoms with Gasteiger partial charge in [-0.2, -0.15) is 0 Å². The number of pyridine rings is 1. The zero-order valence-corrected chi connectivity index (χ0v) is 13.1. The van der Waals surface area contributed by atoms with E-state index in [-0.39, 0.29) is 0 Å². The highest BCUT2D eigenvalue weighted by Gasteiger charge is 2.08. The molecule has 0 aromatic carbocycles. The second-order valence-corrected chi connectivity index (χ2v) is 4.99. The lowest BCUT2D eigenvalue weighted by Crippen LogP contribution is -2.16. The molecule has 5 heteroatoms. The molecule has 0 fully saturated rings. The fourth-order valence-electron chi connectivity index (χ4n) is 2.15. The quantitative estimate of drug-likeness (QED) is 0.759. The molecule has 2 aromatic heterocycles. The van der Waals surface area contributed by atoms with Crippen LogP contribution in [0.25, 0.3) is 0 Å². The number of nitrogens with zero attached hydrogens (tertiary/aromatic N) is 3. The standard InChI is InChI=1S/C16H24N4O/c1-4-8-17-11-14-15(7-6-13(3)19-14)21-12-16-18-9-10-20(16)5-2/h6-7,9-10,17H,4-5,8,11-12H2,1-3H3. The van der Waals surface area contributed by atoms with Crippen LogP contribution in [0.5, 0.6) is 5.75 Å². The molecule has 0 aliphatic heterocycles. The van der Waals surface area contributed by atoms with Crippen LogP contribution in [0.1, 0.15) is 37.5 Å². The summed E-state index contributed by atoms with van der Waals surface area (Å²) in [6, 6.07) is 3.97. The molecule has 0 aliphatic rings. The number of aryl methyl sites for hydroxylation is 2. The zero-order chi connectivity index (χ0) is 15.1. The molecule has 114 valence electrons. The van der Waals surface area contributed by atoms with Gasteiger partial charge in [-0.3, -0.25) is 4.98 Å². The van der Waals surface area contributed by atoms with Crippen molar-refractivity contribution in [3.05, 3.63) is 41.7 Å². The summed E-state index contributed by atoms with van der Waals surface area (Å²) in [5.41, 5.74) is 1.96. The molecule has 0 saturated heterocycles. The molecule has 0 unspecified atom stereocenters. The predicted molar refractivity (Wildman–Crippen MR) is 83.2 cm³/mol. The molecule has 0 aliphatic carbocycles. The number of hydrogen-bond acceptors (Lipinski definition) is 4. The van der Waals surface area contributed by atoms with E-state index < -0.39 is 0 Å². The summed E-state index contributed by atoms with van der Waals surface area (Å²) in [5, 5.41) is 3.37. The Labute approximate surface area is 126 Å². The first kappa shape index (κ1) is 15.5. The molecule has 0 saturated carbocycles. The van der Waals surface area contributed by atoms with Gasteiger partial charge in [-0.25, -0.2) is 4.98 Å². The lowest BCUT2D eigenvalue weighted by Gasteiger charge is -2.12. The first-order valence-electron chi connectivity index (χ1n) is 7.54. The fraction of sp³-hybridized carbons (Fsp3) is 0.500. The van der Waals surface area contributed by atoms with Crippen LogP contribution in [0, 0.1) is 6.92 Å². The van der Waals surface area contributed by atoms with Crippen LogP contribution >= 0.6 is 0 Å². The molecule has 0 bridgehead atoms. The van der Waals surface area contributed by atoms with Crippen LogP contribution < -0.4 is 10.1 Å². The van der Waals surface area contributed by atoms with Crippen molar-refractivity contribution in [2.75, 3.05) is 6.54 Å². The summed E-state index contributed by atoms with van der Waals surface area (Å²) in [6.45, 7) is 9.32. The van der Waals surface area contributed by atoms with Crippen LogP contribution in [0.2, 0.25) is 0 Å². The van der Waals surface area contributed by atoms with E-state index in [9.17, 15) is 0 Å². The molecule has 2 heterocycles. The van der Waals surface area contributed by atoms with Crippen LogP contribution in [0.15, 0.2) is 24.5 Å². The topological polar surface area (TPSA) is 52.0 Å². The number of hydrogen-bond donors (Lipinski definition) is 1. The summed E-state index contributed by atoms with van der Waals surface area (Å²) >= 11 is 0. The monoisotopic (exact) mass is 288 g/mol. The minimum Gasteiger partial charge on any atom is -0.484 e. The summed E-state index contributed by atoms with van der Waals surface area (Å²) in [6.07, 6.45) is 4.88. The number of ether oxygens (including phenoxy) is 1. The third kappa shape index (κ3) is 4.29. The largest absolute Gasteiger partial charge is 0.484 e. The Bertz CT molecular complexity index is 565. The molecule has 0 spiro atoms. The Morgan fingerprint density at radius 2 is 2.14 bits per heavy atom. The van der Waals surface area contributed by atoms with Gasteiger partial charge in [-0.15, -0.1) is 0 Å². The number of nitrogens with one attached hydrogen (secondary N) is 1. The molecule has 5 nitrogen and oxygen atoms in total. The Kier molecular flexibility index (Phi) is 5.75. The Hall–Kier alpha value is -1.88. The van der Waals surface area contributed by atoms with Gasteiger partial charge in [0, 0.05) is 31.2 Å². The molecule has 21 heavy (non-hydrogen) atoms. The minimum atomic E-state index is 0.465. The maximum absolute atomic E-state index is 5.92. The normalized spacial score (nSPS) is 10.8. The summed E-state index contributed by atoms with van der Waals surface area (Å²) in [4.78, 5) is 8.90. The average molecular weight is 288 g/mol. The smallest absolute Gasteiger partial charge is 0.146 e. The maximum atomic E-state index is 5.92. The minimum absolute atomic E-state index is 0.465. The molecule has 0 radical (unpaired) electrons. The Morgan fingerprint density at radius 3 is 2.90 bits per heavy atom. The third-order valence-electron chi connectivity index (χ3n) is 3.29. The number of imidazole rings is 1. The van der Waals surface area contributed by atoms with Gasteiger partial charge < -0.3 is 14.6 Å². The molecule has 0 amide bonds. The number of rotatable bonds is 8. The van der Waals surface area contributed by atoms with E-state index in [1.807, 2.05) is 25.3 Å². The average Bonchev–Trinajstić information content (AvgIpc) is 2.94. The maximum Gasteiger partial charge on any atom is 0.146 e. The van der Waals surface area contributed by atoms with Gasteiger partial charge in [-0.05, 0) is 38.9 Å². The second kappa shape index (κ2) is 7.78. The van der Waals surface area contributed by atoms with Gasteiger partial charge in [-0.1, -0.05) is 6.92 Å². The highest BCUT2D eigenvalue weighted by molar-refractivity contribution is 5.29. The lowest BCUT2D eigenvalue weighted by molar-refractivity contribution is 0.284. The number of aromatic nitrogens is 3. The zero-order valence-electron chi connectivity index (χ0n) is 13.1. The van der Waals surface area contributed by atoms with E-state index in [2.05, 4.69) is 33.7 Å². The van der Waals surface area contributed by atoms with Crippen LogP contribution in [0.4, 0.5) is 0 Å². The first-order valence-corrected chi connectivity index (χ1v) is 7.54. The van der Waals surface area contributed by atoms with Crippen molar-refractivity contribution in [1.82, 2.24) is 19.9 Å². The second-order valence-electron chi connectivity index (χ2n) is 4.99. The van der Waals surface area contributed by atoms with Crippen molar-refractivity contribution >= 4 is 0 Å². The Morgan fingerprint density at radius 1 is 1.29 bits per heavy atom. The molecule has 2 rings (SSSR count). The molecule has 0 atom stereocenters. The third-order valence-corrected chi connectivity index (χ3v) is 3.29. The van der Waals surface area contributed by atoms with Crippen molar-refractivity contribution in [2.45, 2.75) is 46.9 Å². The predicted octanol–water partition coefficient (Wildman–Crippen LogP) is 2.69. The molecular formula is C16H24N4O. The highest BCUT2D eigenvalue weighted by Crippen LogP contribution is 2.18. The van der Waals surface area contributed by atoms with E-state index in [0.717, 1.165) is 49.0 Å². The molecule has 1 N–H and O–H groups in total. The van der Waals surface area contributed by atoms with Crippen LogP contribution in [-0.2, 0) is 19.7 Å². The van der Waals surface area contributed by atoms with Gasteiger partial charge in [0.05, 0.1) is 5.69 Å². The van der Waals surface area contributed by atoms with Gasteiger partial charge in [0.2, 0.25) is 0 Å². The van der Waals surface area contributed by atoms with Gasteiger partial charge in [0.15, 0.2) is 0 Å². The van der Waals surface area contributed by atoms with Gasteiger partial charge in [0.1, 0.15) is 18.2 Å². The summed E-state index contributed by atoms with van der Waals surface area (Å²) in [5.74, 6) is 1.76. The SMILES string of the molecule is CCCNCc1nc(C)ccc1OCc1nccn1CC. The van der Waals surface area contributed by atoms with Crippen molar-refractivity contribution < 1.29 is 4.74 Å². The summed E-state index contributed by atoms with van der Waals surface area (Å²) in [7, 11) is 0. The summed E-state index contributed by atoms with van der Waals surface area (Å²) < 4.78 is 8.00. The van der Waals surface area contributed by atoms with E-state index >= 15 is 0 Å². The first-order chi connectivity index (χ1) is 10.2. The van der Waals surface area contributed by atoms with Crippen molar-refractivity contribution in [3.63, 3.8) is 0 Å². The van der Waals surface area contributed by atoms with Gasteiger partial charge >= 0.3 is 0 Å². The van der Waals surface area contributed by atoms with Crippen LogP contribution in [-0.4, -0.2) is 21.1 Å². The molecule has 2 aromatic rings. The van der Waals surface area contributed by atoms with Crippen LogP contribution in [0.3, 0.4) is 0 Å². The molecular weight excluding hydrogens is 264 g/mol. The fourth-order valence-corrected chi connectivity index (χ4v) is 2.15. The lowest BCUT2D eigenvalue weighted by atomic mass is 10.2. The van der Waals surface area contributed by atoms with E-state index in [1.54, 1.807) is 6.20 Å². The van der Waals surface area contributed by atoms with Crippen molar-refractivity contribution in [1.29, 1.82) is 0 Å². The van der Waals surface area contributed by atoms with Gasteiger partial charge in [0.25, 0.3) is 0 Å². The van der Waals surface area contributed by atoms with Crippen molar-refractivity contribution in [2.24, 2.45) is 0 Å². The van der Waals surface area contributed by atoms with E-state index in [0.29, 0.717) is 6.61 Å². The van der Waals surface area contributed by atoms with E-state index in [1.165, 1.54) is 0 Å². The highest BCUT2D eigenvalue weighted by atomic mass is 16.5. The van der Waals surface area contributed by atoms with Crippen molar-refractivity contribution in [3.8, 4) is 5.75 Å². The Balaban J connectivity index is 2.04.